The summed E-state index contributed by atoms with van der Waals surface area (Å²) in [5, 5.41) is 0. The SMILES string of the molecule is CCN(CC1CCC1)S(=O)(=O)N(C)CCCN. The molecule has 1 fully saturated rings. The lowest BCUT2D eigenvalue weighted by atomic mass is 9.85. The van der Waals surface area contributed by atoms with Crippen molar-refractivity contribution in [2.45, 2.75) is 32.6 Å². The van der Waals surface area contributed by atoms with Crippen molar-refractivity contribution in [3.63, 3.8) is 0 Å². The van der Waals surface area contributed by atoms with Crippen LogP contribution in [0.4, 0.5) is 0 Å². The third-order valence-electron chi connectivity index (χ3n) is 3.44. The fraction of sp³-hybridized carbons (Fsp3) is 1.00. The van der Waals surface area contributed by atoms with Gasteiger partial charge in [-0.15, -0.1) is 0 Å². The van der Waals surface area contributed by atoms with Gasteiger partial charge in [0.25, 0.3) is 10.2 Å². The third kappa shape index (κ3) is 3.91. The van der Waals surface area contributed by atoms with Crippen molar-refractivity contribution in [1.29, 1.82) is 0 Å². The summed E-state index contributed by atoms with van der Waals surface area (Å²) in [6.45, 7) is 4.14. The van der Waals surface area contributed by atoms with Crippen molar-refractivity contribution in [2.75, 3.05) is 33.2 Å². The van der Waals surface area contributed by atoms with Gasteiger partial charge in [-0.05, 0) is 31.7 Å². The molecule has 0 saturated heterocycles. The van der Waals surface area contributed by atoms with Gasteiger partial charge >= 0.3 is 0 Å². The van der Waals surface area contributed by atoms with E-state index in [-0.39, 0.29) is 0 Å². The van der Waals surface area contributed by atoms with Gasteiger partial charge in [-0.3, -0.25) is 0 Å². The van der Waals surface area contributed by atoms with Crippen LogP contribution in [-0.2, 0) is 10.2 Å². The van der Waals surface area contributed by atoms with E-state index in [1.165, 1.54) is 23.6 Å². The Morgan fingerprint density at radius 1 is 1.35 bits per heavy atom. The average Bonchev–Trinajstić information content (AvgIpc) is 2.24. The highest BCUT2D eigenvalue weighted by Crippen LogP contribution is 2.28. The zero-order valence-electron chi connectivity index (χ0n) is 10.9. The maximum Gasteiger partial charge on any atom is 0.281 e. The summed E-state index contributed by atoms with van der Waals surface area (Å²) >= 11 is 0. The molecule has 0 spiro atoms. The number of hydrogen-bond donors (Lipinski definition) is 1. The highest BCUT2D eigenvalue weighted by atomic mass is 32.2. The van der Waals surface area contributed by atoms with Crippen molar-refractivity contribution in [3.8, 4) is 0 Å². The molecule has 1 aliphatic rings. The molecule has 1 saturated carbocycles. The molecular weight excluding hydrogens is 238 g/mol. The second-order valence-corrected chi connectivity index (χ2v) is 6.75. The van der Waals surface area contributed by atoms with E-state index in [1.54, 1.807) is 11.4 Å². The van der Waals surface area contributed by atoms with Gasteiger partial charge in [0.15, 0.2) is 0 Å². The Hall–Kier alpha value is -0.170. The zero-order valence-corrected chi connectivity index (χ0v) is 11.7. The standard InChI is InChI=1S/C11H25N3O2S/c1-3-14(10-11-6-4-7-11)17(15,16)13(2)9-5-8-12/h11H,3-10,12H2,1-2H3. The van der Waals surface area contributed by atoms with Gasteiger partial charge in [-0.2, -0.15) is 17.0 Å². The summed E-state index contributed by atoms with van der Waals surface area (Å²) in [6.07, 6.45) is 4.28. The Labute approximate surface area is 105 Å². The van der Waals surface area contributed by atoms with E-state index >= 15 is 0 Å². The summed E-state index contributed by atoms with van der Waals surface area (Å²) in [6, 6.07) is 0. The highest BCUT2D eigenvalue weighted by molar-refractivity contribution is 7.86. The lowest BCUT2D eigenvalue weighted by Crippen LogP contribution is -2.45. The molecule has 0 atom stereocenters. The van der Waals surface area contributed by atoms with E-state index in [0.717, 1.165) is 0 Å². The minimum atomic E-state index is -3.28. The molecule has 17 heavy (non-hydrogen) atoms. The first-order valence-electron chi connectivity index (χ1n) is 6.43. The molecule has 0 aromatic heterocycles. The molecule has 0 aromatic rings. The number of nitrogens with zero attached hydrogens (tertiary/aromatic N) is 2. The van der Waals surface area contributed by atoms with E-state index < -0.39 is 10.2 Å². The van der Waals surface area contributed by atoms with Crippen LogP contribution in [0.3, 0.4) is 0 Å². The summed E-state index contributed by atoms with van der Waals surface area (Å²) in [4.78, 5) is 0. The van der Waals surface area contributed by atoms with Crippen LogP contribution < -0.4 is 5.73 Å². The van der Waals surface area contributed by atoms with Crippen molar-refractivity contribution < 1.29 is 8.42 Å². The van der Waals surface area contributed by atoms with Crippen LogP contribution in [0, 0.1) is 5.92 Å². The van der Waals surface area contributed by atoms with E-state index in [2.05, 4.69) is 0 Å². The molecule has 6 heteroatoms. The van der Waals surface area contributed by atoms with E-state index in [9.17, 15) is 8.42 Å². The van der Waals surface area contributed by atoms with Crippen molar-refractivity contribution in [2.24, 2.45) is 11.7 Å². The maximum absolute atomic E-state index is 12.3. The van der Waals surface area contributed by atoms with Crippen molar-refractivity contribution >= 4 is 10.2 Å². The molecule has 0 bridgehead atoms. The van der Waals surface area contributed by atoms with Crippen LogP contribution >= 0.6 is 0 Å². The van der Waals surface area contributed by atoms with Crippen molar-refractivity contribution in [3.05, 3.63) is 0 Å². The summed E-state index contributed by atoms with van der Waals surface area (Å²) in [5.41, 5.74) is 5.40. The summed E-state index contributed by atoms with van der Waals surface area (Å²) in [7, 11) is -1.65. The van der Waals surface area contributed by atoms with E-state index in [0.29, 0.717) is 38.5 Å². The largest absolute Gasteiger partial charge is 0.330 e. The fourth-order valence-electron chi connectivity index (χ4n) is 1.98. The molecule has 0 aliphatic heterocycles. The molecule has 0 unspecified atom stereocenters. The molecule has 0 amide bonds. The maximum atomic E-state index is 12.3. The number of rotatable bonds is 8. The first kappa shape index (κ1) is 14.9. The predicted molar refractivity (Wildman–Crippen MR) is 69.8 cm³/mol. The van der Waals surface area contributed by atoms with Gasteiger partial charge in [0.05, 0.1) is 0 Å². The Kier molecular flexibility index (Phi) is 5.85. The Morgan fingerprint density at radius 3 is 2.41 bits per heavy atom. The quantitative estimate of drug-likeness (QED) is 0.698. The predicted octanol–water partition coefficient (Wildman–Crippen LogP) is 0.634. The molecule has 0 radical (unpaired) electrons. The lowest BCUT2D eigenvalue weighted by Gasteiger charge is -2.33. The van der Waals surface area contributed by atoms with Gasteiger partial charge in [0, 0.05) is 26.7 Å². The van der Waals surface area contributed by atoms with Gasteiger partial charge in [0.2, 0.25) is 0 Å². The first-order valence-corrected chi connectivity index (χ1v) is 7.83. The van der Waals surface area contributed by atoms with Crippen LogP contribution in [0.25, 0.3) is 0 Å². The Balaban J connectivity index is 2.57. The normalized spacial score (nSPS) is 17.7. The fourth-order valence-corrected chi connectivity index (χ4v) is 3.46. The highest BCUT2D eigenvalue weighted by Gasteiger charge is 2.29. The van der Waals surface area contributed by atoms with Crippen LogP contribution in [0.1, 0.15) is 32.6 Å². The summed E-state index contributed by atoms with van der Waals surface area (Å²) < 4.78 is 27.5. The molecule has 1 aliphatic carbocycles. The molecular formula is C11H25N3O2S. The van der Waals surface area contributed by atoms with Crippen LogP contribution in [0.5, 0.6) is 0 Å². The van der Waals surface area contributed by atoms with E-state index in [4.69, 9.17) is 5.73 Å². The number of hydrogen-bond acceptors (Lipinski definition) is 3. The minimum Gasteiger partial charge on any atom is -0.330 e. The minimum absolute atomic E-state index is 0.500. The topological polar surface area (TPSA) is 66.6 Å². The monoisotopic (exact) mass is 263 g/mol. The van der Waals surface area contributed by atoms with Gasteiger partial charge < -0.3 is 5.73 Å². The Morgan fingerprint density at radius 2 is 2.00 bits per heavy atom. The van der Waals surface area contributed by atoms with Crippen molar-refractivity contribution in [1.82, 2.24) is 8.61 Å². The average molecular weight is 263 g/mol. The van der Waals surface area contributed by atoms with Gasteiger partial charge in [-0.25, -0.2) is 0 Å². The second-order valence-electron chi connectivity index (χ2n) is 4.72. The van der Waals surface area contributed by atoms with Crippen LogP contribution in [0.2, 0.25) is 0 Å². The van der Waals surface area contributed by atoms with Crippen LogP contribution in [-0.4, -0.2) is 50.3 Å². The summed E-state index contributed by atoms with van der Waals surface area (Å²) in [5.74, 6) is 0.563. The van der Waals surface area contributed by atoms with Gasteiger partial charge in [0.1, 0.15) is 0 Å². The molecule has 5 nitrogen and oxygen atoms in total. The van der Waals surface area contributed by atoms with Gasteiger partial charge in [-0.1, -0.05) is 13.3 Å². The smallest absolute Gasteiger partial charge is 0.281 e. The second kappa shape index (κ2) is 6.68. The molecule has 0 heterocycles. The number of nitrogens with two attached hydrogens (primary N) is 1. The first-order chi connectivity index (χ1) is 8.02. The Bertz CT molecular complexity index is 315. The zero-order chi connectivity index (χ0) is 12.9. The molecule has 2 N–H and O–H groups in total. The lowest BCUT2D eigenvalue weighted by molar-refractivity contribution is 0.241. The third-order valence-corrected chi connectivity index (χ3v) is 5.47. The molecule has 1 rings (SSSR count). The molecule has 0 aromatic carbocycles. The van der Waals surface area contributed by atoms with Crippen LogP contribution in [0.15, 0.2) is 0 Å². The van der Waals surface area contributed by atoms with E-state index in [1.807, 2.05) is 6.92 Å². The molecule has 102 valence electrons.